The summed E-state index contributed by atoms with van der Waals surface area (Å²) in [6, 6.07) is 5.25. The van der Waals surface area contributed by atoms with Crippen LogP contribution in [0.15, 0.2) is 24.5 Å². The molecule has 1 aromatic rings. The van der Waals surface area contributed by atoms with Crippen LogP contribution in [0.3, 0.4) is 0 Å². The van der Waals surface area contributed by atoms with Gasteiger partial charge < -0.3 is 5.73 Å². The number of aromatic nitrogens is 1. The van der Waals surface area contributed by atoms with E-state index < -0.39 is 0 Å². The minimum Gasteiger partial charge on any atom is -0.329 e. The van der Waals surface area contributed by atoms with Gasteiger partial charge >= 0.3 is 0 Å². The lowest BCUT2D eigenvalue weighted by Gasteiger charge is -2.16. The van der Waals surface area contributed by atoms with Crippen molar-refractivity contribution < 1.29 is 0 Å². The van der Waals surface area contributed by atoms with Gasteiger partial charge in [0.2, 0.25) is 0 Å². The maximum atomic E-state index is 5.92. The zero-order valence-electron chi connectivity index (χ0n) is 7.75. The third-order valence-electron chi connectivity index (χ3n) is 1.78. The number of rotatable bonds is 3. The number of nitrogens with zero attached hydrogens (tertiary/aromatic N) is 1. The van der Waals surface area contributed by atoms with Crippen molar-refractivity contribution in [3.63, 3.8) is 0 Å². The fourth-order valence-corrected chi connectivity index (χ4v) is 2.24. The summed E-state index contributed by atoms with van der Waals surface area (Å²) in [4.78, 5) is 4.07. The maximum Gasteiger partial charge on any atom is 0.0479 e. The van der Waals surface area contributed by atoms with Gasteiger partial charge in [-0.2, -0.15) is 0 Å². The molecule has 1 heterocycles. The monoisotopic (exact) mass is 180 g/mol. The van der Waals surface area contributed by atoms with E-state index >= 15 is 0 Å². The number of pyridine rings is 1. The Hall–Kier alpha value is -0.673. The molecule has 0 spiro atoms. The van der Waals surface area contributed by atoms with Crippen molar-refractivity contribution in [3.8, 4) is 0 Å². The van der Waals surface area contributed by atoms with Gasteiger partial charge in [-0.1, -0.05) is 19.9 Å². The molecule has 0 fully saturated rings. The van der Waals surface area contributed by atoms with Crippen LogP contribution in [0.2, 0.25) is 0 Å². The highest BCUT2D eigenvalue weighted by Crippen LogP contribution is 2.01. The van der Waals surface area contributed by atoms with Gasteiger partial charge in [0.05, 0.1) is 0 Å². The lowest BCUT2D eigenvalue weighted by molar-refractivity contribution is 0.724. The summed E-state index contributed by atoms with van der Waals surface area (Å²) in [5.74, 6) is 0. The van der Waals surface area contributed by atoms with Gasteiger partial charge in [-0.3, -0.25) is 4.98 Å². The van der Waals surface area contributed by atoms with Gasteiger partial charge in [-0.25, -0.2) is 0 Å². The average Bonchev–Trinajstić information content (AvgIpc) is 2.02. The van der Waals surface area contributed by atoms with Crippen LogP contribution in [-0.2, 0) is 6.04 Å². The first-order valence-corrected chi connectivity index (χ1v) is 5.96. The van der Waals surface area contributed by atoms with E-state index in [1.54, 1.807) is 6.20 Å². The van der Waals surface area contributed by atoms with E-state index in [9.17, 15) is 0 Å². The quantitative estimate of drug-likeness (QED) is 0.686. The van der Waals surface area contributed by atoms with Crippen LogP contribution in [-0.4, -0.2) is 19.7 Å². The highest BCUT2D eigenvalue weighted by molar-refractivity contribution is 6.39. The van der Waals surface area contributed by atoms with E-state index in [0.29, 0.717) is 0 Å². The fraction of sp³-hybridized carbons (Fsp3) is 0.444. The van der Waals surface area contributed by atoms with Crippen molar-refractivity contribution in [2.75, 3.05) is 0 Å². The van der Waals surface area contributed by atoms with Gasteiger partial charge in [-0.15, -0.1) is 0 Å². The molecule has 3 heteroatoms. The van der Waals surface area contributed by atoms with Crippen molar-refractivity contribution in [1.29, 1.82) is 0 Å². The Morgan fingerprint density at radius 1 is 1.58 bits per heavy atom. The number of hydrogen-bond acceptors (Lipinski definition) is 2. The van der Waals surface area contributed by atoms with Gasteiger partial charge in [-0.05, 0) is 22.8 Å². The van der Waals surface area contributed by atoms with Crippen molar-refractivity contribution >= 4 is 9.52 Å². The van der Waals surface area contributed by atoms with Crippen LogP contribution in [0, 0.1) is 0 Å². The summed E-state index contributed by atoms with van der Waals surface area (Å²) in [5, 5.41) is 0.0653. The minimum atomic E-state index is -0.211. The fourth-order valence-electron chi connectivity index (χ4n) is 1.01. The molecule has 0 aliphatic heterocycles. The van der Waals surface area contributed by atoms with Crippen molar-refractivity contribution in [3.05, 3.63) is 30.1 Å². The summed E-state index contributed by atoms with van der Waals surface area (Å²) in [5.41, 5.74) is 7.25. The van der Waals surface area contributed by atoms with Crippen molar-refractivity contribution in [1.82, 2.24) is 4.98 Å². The van der Waals surface area contributed by atoms with E-state index in [0.717, 1.165) is 6.04 Å². The third-order valence-corrected chi connectivity index (χ3v) is 3.90. The summed E-state index contributed by atoms with van der Waals surface area (Å²) < 4.78 is 0. The highest BCUT2D eigenvalue weighted by Gasteiger charge is 2.10. The van der Waals surface area contributed by atoms with Crippen molar-refractivity contribution in [2.45, 2.75) is 25.1 Å². The Bertz CT molecular complexity index is 228. The van der Waals surface area contributed by atoms with Gasteiger partial charge in [0.1, 0.15) is 0 Å². The SMILES string of the molecule is CC(C)(N)[SiH2]Cc1cccnc1. The van der Waals surface area contributed by atoms with Crippen LogP contribution >= 0.6 is 0 Å². The molecule has 0 aliphatic carbocycles. The molecule has 0 atom stereocenters. The first-order valence-electron chi connectivity index (χ1n) is 4.26. The Labute approximate surface area is 76.0 Å². The standard InChI is InChI=1S/C9H16N2Si/c1-9(2,10)12-7-8-4-3-5-11-6-8/h3-6H,7,10,12H2,1-2H3. The van der Waals surface area contributed by atoms with Gasteiger partial charge in [0.15, 0.2) is 0 Å². The predicted octanol–water partition coefficient (Wildman–Crippen LogP) is 0.445. The van der Waals surface area contributed by atoms with E-state index in [1.165, 1.54) is 5.56 Å². The lowest BCUT2D eigenvalue weighted by atomic mass is 10.3. The molecular weight excluding hydrogens is 164 g/mol. The topological polar surface area (TPSA) is 38.9 Å². The molecular formula is C9H16N2Si. The molecule has 0 saturated heterocycles. The van der Waals surface area contributed by atoms with E-state index in [2.05, 4.69) is 24.9 Å². The zero-order chi connectivity index (χ0) is 9.03. The summed E-state index contributed by atoms with van der Waals surface area (Å²) in [6.07, 6.45) is 3.73. The molecule has 0 unspecified atom stereocenters. The second kappa shape index (κ2) is 3.82. The molecule has 2 nitrogen and oxygen atoms in total. The normalized spacial score (nSPS) is 12.6. The first-order chi connectivity index (χ1) is 5.58. The molecule has 0 radical (unpaired) electrons. The average molecular weight is 180 g/mol. The van der Waals surface area contributed by atoms with E-state index in [4.69, 9.17) is 5.73 Å². The van der Waals surface area contributed by atoms with E-state index in [-0.39, 0.29) is 14.7 Å². The molecule has 1 aromatic heterocycles. The zero-order valence-corrected chi connectivity index (χ0v) is 9.16. The number of nitrogens with two attached hydrogens (primary N) is 1. The minimum absolute atomic E-state index is 0.0653. The maximum absolute atomic E-state index is 5.92. The largest absolute Gasteiger partial charge is 0.329 e. The molecule has 0 bridgehead atoms. The molecule has 0 aliphatic rings. The Morgan fingerprint density at radius 3 is 2.83 bits per heavy atom. The van der Waals surface area contributed by atoms with Crippen LogP contribution in [0.1, 0.15) is 19.4 Å². The van der Waals surface area contributed by atoms with Gasteiger partial charge in [0, 0.05) is 21.9 Å². The summed E-state index contributed by atoms with van der Waals surface area (Å²) in [6.45, 7) is 4.21. The lowest BCUT2D eigenvalue weighted by Crippen LogP contribution is -2.40. The second-order valence-electron chi connectivity index (χ2n) is 3.85. The van der Waals surface area contributed by atoms with Crippen LogP contribution < -0.4 is 5.73 Å². The highest BCUT2D eigenvalue weighted by atomic mass is 28.2. The van der Waals surface area contributed by atoms with Gasteiger partial charge in [0.25, 0.3) is 0 Å². The van der Waals surface area contributed by atoms with E-state index in [1.807, 2.05) is 12.3 Å². The van der Waals surface area contributed by atoms with Crippen LogP contribution in [0.5, 0.6) is 0 Å². The smallest absolute Gasteiger partial charge is 0.0479 e. The Kier molecular flexibility index (Phi) is 3.00. The third kappa shape index (κ3) is 3.64. The molecule has 0 saturated carbocycles. The predicted molar refractivity (Wildman–Crippen MR) is 54.8 cm³/mol. The summed E-state index contributed by atoms with van der Waals surface area (Å²) in [7, 11) is -0.211. The second-order valence-corrected chi connectivity index (χ2v) is 6.67. The molecule has 0 aromatic carbocycles. The Balaban J connectivity index is 2.44. The Morgan fingerprint density at radius 2 is 2.33 bits per heavy atom. The molecule has 2 N–H and O–H groups in total. The number of hydrogen-bond donors (Lipinski definition) is 1. The molecule has 1 rings (SSSR count). The van der Waals surface area contributed by atoms with Crippen molar-refractivity contribution in [2.24, 2.45) is 5.73 Å². The molecule has 12 heavy (non-hydrogen) atoms. The van der Waals surface area contributed by atoms with Crippen LogP contribution in [0.4, 0.5) is 0 Å². The first kappa shape index (κ1) is 9.42. The van der Waals surface area contributed by atoms with Crippen LogP contribution in [0.25, 0.3) is 0 Å². The summed E-state index contributed by atoms with van der Waals surface area (Å²) >= 11 is 0. The molecule has 0 amide bonds. The molecule has 66 valence electrons.